The molecule has 0 aliphatic heterocycles. The second-order valence-corrected chi connectivity index (χ2v) is 2.70. The van der Waals surface area contributed by atoms with Crippen LogP contribution in [-0.4, -0.2) is 38.9 Å². The number of ketones is 1. The van der Waals surface area contributed by atoms with Gasteiger partial charge >= 0.3 is 0 Å². The minimum absolute atomic E-state index is 0.576. The average molecular weight is 158 g/mol. The summed E-state index contributed by atoms with van der Waals surface area (Å²) in [6.07, 6.45) is -0.495. The second-order valence-electron chi connectivity index (χ2n) is 2.70. The molecule has 0 aromatic carbocycles. The Morgan fingerprint density at radius 2 is 2.27 bits per heavy atom. The molecular formula is C7H10O4. The Morgan fingerprint density at radius 3 is 2.45 bits per heavy atom. The Bertz CT molecular complexity index is 208. The van der Waals surface area contributed by atoms with Gasteiger partial charge in [0, 0.05) is 0 Å². The molecule has 62 valence electrons. The van der Waals surface area contributed by atoms with Crippen molar-refractivity contribution in [1.82, 2.24) is 0 Å². The van der Waals surface area contributed by atoms with Gasteiger partial charge in [0.05, 0.1) is 6.10 Å². The van der Waals surface area contributed by atoms with Crippen molar-refractivity contribution in [3.8, 4) is 0 Å². The van der Waals surface area contributed by atoms with Crippen LogP contribution in [0.25, 0.3) is 0 Å². The Morgan fingerprint density at radius 1 is 1.73 bits per heavy atom. The van der Waals surface area contributed by atoms with Crippen molar-refractivity contribution in [2.24, 2.45) is 0 Å². The third kappa shape index (κ3) is 1.09. The number of carbonyl (C=O) groups excluding carboxylic acids is 1. The molecule has 0 radical (unpaired) electrons. The molecule has 1 aliphatic carbocycles. The van der Waals surface area contributed by atoms with Crippen LogP contribution in [0.15, 0.2) is 12.2 Å². The third-order valence-electron chi connectivity index (χ3n) is 1.89. The molecule has 11 heavy (non-hydrogen) atoms. The second kappa shape index (κ2) is 2.41. The van der Waals surface area contributed by atoms with Crippen LogP contribution in [-0.2, 0) is 4.79 Å². The summed E-state index contributed by atoms with van der Waals surface area (Å²) in [7, 11) is 0. The first-order chi connectivity index (χ1) is 4.98. The Labute approximate surface area is 63.8 Å². The van der Waals surface area contributed by atoms with Gasteiger partial charge in [0.1, 0.15) is 5.60 Å². The predicted octanol–water partition coefficient (Wildman–Crippen LogP) is -1.40. The van der Waals surface area contributed by atoms with Crippen LogP contribution in [0.4, 0.5) is 0 Å². The van der Waals surface area contributed by atoms with Crippen LogP contribution in [0.3, 0.4) is 0 Å². The third-order valence-corrected chi connectivity index (χ3v) is 1.89. The maximum absolute atomic E-state index is 10.7. The van der Waals surface area contributed by atoms with Crippen molar-refractivity contribution in [3.05, 3.63) is 12.2 Å². The molecule has 0 bridgehead atoms. The zero-order valence-electron chi connectivity index (χ0n) is 6.06. The normalized spacial score (nSPS) is 39.6. The lowest BCUT2D eigenvalue weighted by atomic mass is 9.94. The van der Waals surface area contributed by atoms with Crippen LogP contribution >= 0.6 is 0 Å². The lowest BCUT2D eigenvalue weighted by molar-refractivity contribution is -0.140. The molecule has 0 unspecified atom stereocenters. The standard InChI is InChI=1S/C7H10O4/c1-4(8)7(11)3-2-5(9)6(7)10/h2-4,6,8,10-11H,1H3/t4-,6-,7+/m1/s1. The van der Waals surface area contributed by atoms with Crippen LogP contribution in [0.5, 0.6) is 0 Å². The van der Waals surface area contributed by atoms with Gasteiger partial charge in [-0.2, -0.15) is 0 Å². The first kappa shape index (κ1) is 8.39. The molecular weight excluding hydrogens is 148 g/mol. The number of aliphatic hydroxyl groups is 3. The highest BCUT2D eigenvalue weighted by atomic mass is 16.4. The highest BCUT2D eigenvalue weighted by Crippen LogP contribution is 2.24. The summed E-state index contributed by atoms with van der Waals surface area (Å²) in [6.45, 7) is 1.31. The van der Waals surface area contributed by atoms with Gasteiger partial charge in [-0.1, -0.05) is 0 Å². The number of hydrogen-bond donors (Lipinski definition) is 3. The van der Waals surface area contributed by atoms with Gasteiger partial charge in [-0.25, -0.2) is 0 Å². The van der Waals surface area contributed by atoms with E-state index < -0.39 is 23.6 Å². The fourth-order valence-electron chi connectivity index (χ4n) is 0.994. The summed E-state index contributed by atoms with van der Waals surface area (Å²) in [5, 5.41) is 27.5. The Balaban J connectivity index is 2.90. The van der Waals surface area contributed by atoms with Gasteiger partial charge < -0.3 is 15.3 Å². The summed E-state index contributed by atoms with van der Waals surface area (Å²) in [4.78, 5) is 10.7. The van der Waals surface area contributed by atoms with Gasteiger partial charge in [0.2, 0.25) is 0 Å². The molecule has 1 rings (SSSR count). The molecule has 0 saturated carbocycles. The van der Waals surface area contributed by atoms with E-state index in [1.807, 2.05) is 0 Å². The minimum atomic E-state index is -1.79. The van der Waals surface area contributed by atoms with Crippen molar-refractivity contribution < 1.29 is 20.1 Å². The first-order valence-corrected chi connectivity index (χ1v) is 3.30. The summed E-state index contributed by atoms with van der Waals surface area (Å²) in [6, 6.07) is 0. The highest BCUT2D eigenvalue weighted by molar-refractivity contribution is 5.97. The zero-order chi connectivity index (χ0) is 8.65. The minimum Gasteiger partial charge on any atom is -0.390 e. The predicted molar refractivity (Wildman–Crippen MR) is 36.8 cm³/mol. The van der Waals surface area contributed by atoms with Crippen LogP contribution in [0.1, 0.15) is 6.92 Å². The SMILES string of the molecule is C[C@@H](O)[C@@]1(O)C=CC(=O)[C@H]1O. The molecule has 4 nitrogen and oxygen atoms in total. The molecule has 0 amide bonds. The number of hydrogen-bond acceptors (Lipinski definition) is 4. The van der Waals surface area contributed by atoms with Gasteiger partial charge in [-0.05, 0) is 19.1 Å². The molecule has 3 N–H and O–H groups in total. The van der Waals surface area contributed by atoms with Crippen LogP contribution < -0.4 is 0 Å². The molecule has 0 fully saturated rings. The average Bonchev–Trinajstić information content (AvgIpc) is 2.18. The van der Waals surface area contributed by atoms with Crippen molar-refractivity contribution in [1.29, 1.82) is 0 Å². The van der Waals surface area contributed by atoms with Gasteiger partial charge in [-0.3, -0.25) is 4.79 Å². The maximum atomic E-state index is 10.7. The molecule has 0 aromatic heterocycles. The fraction of sp³-hybridized carbons (Fsp3) is 0.571. The smallest absolute Gasteiger partial charge is 0.187 e. The topological polar surface area (TPSA) is 77.8 Å². The molecule has 0 spiro atoms. The van der Waals surface area contributed by atoms with E-state index in [-0.39, 0.29) is 0 Å². The lowest BCUT2D eigenvalue weighted by Gasteiger charge is -2.26. The summed E-state index contributed by atoms with van der Waals surface area (Å²) in [5.74, 6) is -0.576. The molecule has 1 aliphatic rings. The van der Waals surface area contributed by atoms with E-state index in [0.29, 0.717) is 0 Å². The van der Waals surface area contributed by atoms with Crippen LogP contribution in [0.2, 0.25) is 0 Å². The molecule has 0 heterocycles. The summed E-state index contributed by atoms with van der Waals surface area (Å²) >= 11 is 0. The Hall–Kier alpha value is -0.710. The monoisotopic (exact) mass is 158 g/mol. The van der Waals surface area contributed by atoms with Gasteiger partial charge in [0.15, 0.2) is 11.9 Å². The van der Waals surface area contributed by atoms with E-state index in [2.05, 4.69) is 0 Å². The largest absolute Gasteiger partial charge is 0.390 e. The molecule has 0 aromatic rings. The maximum Gasteiger partial charge on any atom is 0.187 e. The van der Waals surface area contributed by atoms with E-state index in [1.165, 1.54) is 6.92 Å². The highest BCUT2D eigenvalue weighted by Gasteiger charge is 2.45. The van der Waals surface area contributed by atoms with Crippen molar-refractivity contribution in [3.63, 3.8) is 0 Å². The van der Waals surface area contributed by atoms with E-state index in [1.54, 1.807) is 0 Å². The first-order valence-electron chi connectivity index (χ1n) is 3.30. The summed E-state index contributed by atoms with van der Waals surface area (Å²) in [5.41, 5.74) is -1.79. The quantitative estimate of drug-likeness (QED) is 0.438. The molecule has 4 heteroatoms. The Kier molecular flexibility index (Phi) is 1.83. The molecule has 0 saturated heterocycles. The van der Waals surface area contributed by atoms with Gasteiger partial charge in [0.25, 0.3) is 0 Å². The van der Waals surface area contributed by atoms with E-state index in [9.17, 15) is 9.90 Å². The molecule has 3 atom stereocenters. The lowest BCUT2D eigenvalue weighted by Crippen LogP contribution is -2.49. The van der Waals surface area contributed by atoms with Crippen molar-refractivity contribution in [2.45, 2.75) is 24.7 Å². The van der Waals surface area contributed by atoms with Crippen molar-refractivity contribution in [2.75, 3.05) is 0 Å². The number of rotatable bonds is 1. The van der Waals surface area contributed by atoms with Gasteiger partial charge in [-0.15, -0.1) is 0 Å². The van der Waals surface area contributed by atoms with Crippen LogP contribution in [0, 0.1) is 0 Å². The van der Waals surface area contributed by atoms with E-state index in [0.717, 1.165) is 12.2 Å². The van der Waals surface area contributed by atoms with E-state index >= 15 is 0 Å². The number of carbonyl (C=O) groups is 1. The van der Waals surface area contributed by atoms with Crippen molar-refractivity contribution >= 4 is 5.78 Å². The summed E-state index contributed by atoms with van der Waals surface area (Å²) < 4.78 is 0. The van der Waals surface area contributed by atoms with E-state index in [4.69, 9.17) is 10.2 Å². The number of aliphatic hydroxyl groups excluding tert-OH is 2. The fourth-order valence-corrected chi connectivity index (χ4v) is 0.994. The zero-order valence-corrected chi connectivity index (χ0v) is 6.06.